The van der Waals surface area contributed by atoms with E-state index in [0.717, 1.165) is 0 Å². The number of ether oxygens (including phenoxy) is 2. The number of carbonyl (C=O) groups excluding carboxylic acids is 1. The second kappa shape index (κ2) is 5.69. The zero-order valence-corrected chi connectivity index (χ0v) is 11.9. The van der Waals surface area contributed by atoms with Crippen molar-refractivity contribution in [2.45, 2.75) is 51.6 Å². The quantitative estimate of drug-likeness (QED) is 0.719. The maximum Gasteiger partial charge on any atom is 0.160 e. The summed E-state index contributed by atoms with van der Waals surface area (Å²) in [6, 6.07) is 0. The zero-order chi connectivity index (χ0) is 10.1. The van der Waals surface area contributed by atoms with Gasteiger partial charge in [0, 0.05) is 39.1 Å². The molecule has 0 aromatic heterocycles. The Morgan fingerprint density at radius 1 is 1.50 bits per heavy atom. The molecule has 0 aromatic carbocycles. The number of carbonyl (C=O) groups is 1. The van der Waals surface area contributed by atoms with Crippen LogP contribution in [0.2, 0.25) is 0 Å². The van der Waals surface area contributed by atoms with Crippen molar-refractivity contribution in [3.63, 3.8) is 0 Å². The van der Waals surface area contributed by atoms with Gasteiger partial charge >= 0.3 is 0 Å². The number of hydrogen-bond acceptors (Lipinski definition) is 3. The smallest absolute Gasteiger partial charge is 0.160 e. The second-order valence-electron chi connectivity index (χ2n) is 4.02. The molecule has 0 aliphatic carbocycles. The summed E-state index contributed by atoms with van der Waals surface area (Å²) in [7, 11) is 0. The van der Waals surface area contributed by atoms with Crippen molar-refractivity contribution in [2.75, 3.05) is 0 Å². The Kier molecular flexibility index (Phi) is 5.97. The van der Waals surface area contributed by atoms with E-state index >= 15 is 0 Å². The van der Waals surface area contributed by atoms with Crippen LogP contribution in [0.5, 0.6) is 0 Å². The molecular formula is C10H17O3Y-. The van der Waals surface area contributed by atoms with E-state index in [-0.39, 0.29) is 50.7 Å². The summed E-state index contributed by atoms with van der Waals surface area (Å²) in [4.78, 5) is 10.9. The summed E-state index contributed by atoms with van der Waals surface area (Å²) in [5.74, 6) is -0.458. The van der Waals surface area contributed by atoms with Gasteiger partial charge in [-0.2, -0.15) is 0 Å². The van der Waals surface area contributed by atoms with Gasteiger partial charge in [0.05, 0.1) is 6.10 Å². The minimum atomic E-state index is -0.606. The molecule has 1 rings (SSSR count). The Hall–Kier alpha value is 0.694. The SMILES string of the molecule is [CH2-][C@@H]1C[C@H](CC(C)=O)OC(C)(C)O1.[Y]. The monoisotopic (exact) mass is 274 g/mol. The van der Waals surface area contributed by atoms with Crippen LogP contribution in [-0.2, 0) is 47.0 Å². The fourth-order valence-electron chi connectivity index (χ4n) is 1.67. The summed E-state index contributed by atoms with van der Waals surface area (Å²) in [6.07, 6.45) is 1.04. The van der Waals surface area contributed by atoms with E-state index in [1.54, 1.807) is 6.92 Å². The van der Waals surface area contributed by atoms with Gasteiger partial charge in [-0.3, -0.25) is 4.79 Å². The van der Waals surface area contributed by atoms with Crippen LogP contribution in [0.1, 0.15) is 33.6 Å². The first kappa shape index (κ1) is 14.7. The molecule has 0 unspecified atom stereocenters. The van der Waals surface area contributed by atoms with E-state index < -0.39 is 5.79 Å². The average Bonchev–Trinajstić information content (AvgIpc) is 1.78. The molecule has 1 heterocycles. The molecule has 4 heteroatoms. The number of hydrogen-bond donors (Lipinski definition) is 0. The van der Waals surface area contributed by atoms with Crippen molar-refractivity contribution < 1.29 is 47.0 Å². The van der Waals surface area contributed by atoms with E-state index in [1.807, 2.05) is 13.8 Å². The molecule has 1 aliphatic rings. The molecule has 0 amide bonds. The Balaban J connectivity index is 0.00000169. The topological polar surface area (TPSA) is 35.5 Å². The summed E-state index contributed by atoms with van der Waals surface area (Å²) in [5.41, 5.74) is 0. The number of ketones is 1. The van der Waals surface area contributed by atoms with Gasteiger partial charge in [-0.25, -0.2) is 0 Å². The van der Waals surface area contributed by atoms with E-state index in [2.05, 4.69) is 6.92 Å². The van der Waals surface area contributed by atoms with Gasteiger partial charge in [-0.1, -0.05) is 6.10 Å². The maximum atomic E-state index is 10.9. The predicted octanol–water partition coefficient (Wildman–Crippen LogP) is 1.71. The van der Waals surface area contributed by atoms with Crippen LogP contribution in [-0.4, -0.2) is 23.8 Å². The molecule has 3 nitrogen and oxygen atoms in total. The molecule has 0 saturated carbocycles. The first-order valence-corrected chi connectivity index (χ1v) is 4.57. The van der Waals surface area contributed by atoms with Crippen LogP contribution in [0, 0.1) is 6.92 Å². The van der Waals surface area contributed by atoms with Crippen molar-refractivity contribution in [1.82, 2.24) is 0 Å². The molecule has 14 heavy (non-hydrogen) atoms. The number of Topliss-reactive ketones (excluding diaryl/α,β-unsaturated/α-hetero) is 1. The van der Waals surface area contributed by atoms with Crippen molar-refractivity contribution in [3.05, 3.63) is 6.92 Å². The van der Waals surface area contributed by atoms with Crippen molar-refractivity contribution >= 4 is 5.78 Å². The van der Waals surface area contributed by atoms with E-state index in [1.165, 1.54) is 0 Å². The first-order valence-electron chi connectivity index (χ1n) is 4.57. The van der Waals surface area contributed by atoms with Crippen molar-refractivity contribution in [3.8, 4) is 0 Å². The van der Waals surface area contributed by atoms with Gasteiger partial charge < -0.3 is 16.4 Å². The van der Waals surface area contributed by atoms with Gasteiger partial charge in [0.1, 0.15) is 5.78 Å². The maximum absolute atomic E-state index is 10.9. The predicted molar refractivity (Wildman–Crippen MR) is 49.1 cm³/mol. The first-order chi connectivity index (χ1) is 5.89. The van der Waals surface area contributed by atoms with Gasteiger partial charge in [0.2, 0.25) is 0 Å². The van der Waals surface area contributed by atoms with Crippen LogP contribution in [0.15, 0.2) is 0 Å². The fourth-order valence-corrected chi connectivity index (χ4v) is 1.67. The van der Waals surface area contributed by atoms with E-state index in [4.69, 9.17) is 9.47 Å². The van der Waals surface area contributed by atoms with Crippen molar-refractivity contribution in [2.24, 2.45) is 0 Å². The third kappa shape index (κ3) is 4.97. The molecule has 0 aromatic rings. The summed E-state index contributed by atoms with van der Waals surface area (Å²) >= 11 is 0. The van der Waals surface area contributed by atoms with Crippen LogP contribution in [0.3, 0.4) is 0 Å². The molecular weight excluding hydrogens is 257 g/mol. The standard InChI is InChI=1S/C10H17O3.Y/c1-7(11)5-9-6-8(2)12-10(3,4)13-9;/h8-9H,2,5-6H2,1,3-4H3;/q-1;/t8-,9+;/m1./s1. The minimum Gasteiger partial charge on any atom is -0.380 e. The zero-order valence-electron chi connectivity index (χ0n) is 9.08. The molecule has 1 fully saturated rings. The average molecular weight is 274 g/mol. The third-order valence-electron chi connectivity index (χ3n) is 1.94. The molecule has 0 spiro atoms. The Labute approximate surface area is 111 Å². The van der Waals surface area contributed by atoms with Gasteiger partial charge in [0.25, 0.3) is 0 Å². The molecule has 1 radical (unpaired) electrons. The van der Waals surface area contributed by atoms with Crippen LogP contribution in [0.4, 0.5) is 0 Å². The summed E-state index contributed by atoms with van der Waals surface area (Å²) < 4.78 is 11.0. The van der Waals surface area contributed by atoms with Crippen molar-refractivity contribution in [1.29, 1.82) is 0 Å². The Bertz CT molecular complexity index is 204. The fraction of sp³-hybridized carbons (Fsp3) is 0.800. The van der Waals surface area contributed by atoms with E-state index in [9.17, 15) is 4.79 Å². The second-order valence-corrected chi connectivity index (χ2v) is 4.02. The molecule has 0 N–H and O–H groups in total. The molecule has 2 atom stereocenters. The van der Waals surface area contributed by atoms with Crippen LogP contribution in [0.25, 0.3) is 0 Å². The van der Waals surface area contributed by atoms with E-state index in [0.29, 0.717) is 12.8 Å². The van der Waals surface area contributed by atoms with Crippen LogP contribution >= 0.6 is 0 Å². The summed E-state index contributed by atoms with van der Waals surface area (Å²) in [6.45, 7) is 9.10. The molecule has 1 saturated heterocycles. The van der Waals surface area contributed by atoms with Gasteiger partial charge in [0.15, 0.2) is 5.79 Å². The third-order valence-corrected chi connectivity index (χ3v) is 1.94. The number of rotatable bonds is 2. The molecule has 0 bridgehead atoms. The van der Waals surface area contributed by atoms with Crippen LogP contribution < -0.4 is 0 Å². The van der Waals surface area contributed by atoms with Gasteiger partial charge in [-0.05, 0) is 27.2 Å². The Morgan fingerprint density at radius 3 is 2.50 bits per heavy atom. The summed E-state index contributed by atoms with van der Waals surface area (Å²) in [5, 5.41) is 0. The van der Waals surface area contributed by atoms with Gasteiger partial charge in [-0.15, -0.1) is 0 Å². The molecule has 79 valence electrons. The Morgan fingerprint density at radius 2 is 2.07 bits per heavy atom. The molecule has 1 aliphatic heterocycles. The largest absolute Gasteiger partial charge is 0.380 e. The minimum absolute atomic E-state index is 0. The normalized spacial score (nSPS) is 30.6.